The SMILES string of the molecule is CNCC(=O)N1CCC[C@H](CN2CCCC[C@@H]2C)C1. The van der Waals surface area contributed by atoms with Crippen LogP contribution in [0.5, 0.6) is 0 Å². The van der Waals surface area contributed by atoms with Crippen LogP contribution in [0.1, 0.15) is 39.0 Å². The van der Waals surface area contributed by atoms with Crippen molar-refractivity contribution in [1.29, 1.82) is 0 Å². The molecular formula is C15H29N3O. The number of carbonyl (C=O) groups excluding carboxylic acids is 1. The maximum absolute atomic E-state index is 12.0. The van der Waals surface area contributed by atoms with Crippen molar-refractivity contribution in [2.45, 2.75) is 45.1 Å². The minimum atomic E-state index is 0.263. The number of carbonyl (C=O) groups is 1. The molecule has 0 aliphatic carbocycles. The first-order valence-electron chi connectivity index (χ1n) is 7.87. The first-order chi connectivity index (χ1) is 9.20. The number of hydrogen-bond acceptors (Lipinski definition) is 3. The van der Waals surface area contributed by atoms with Crippen molar-refractivity contribution in [1.82, 2.24) is 15.1 Å². The highest BCUT2D eigenvalue weighted by atomic mass is 16.2. The van der Waals surface area contributed by atoms with Crippen molar-refractivity contribution in [2.24, 2.45) is 5.92 Å². The Morgan fingerprint density at radius 1 is 1.21 bits per heavy atom. The van der Waals surface area contributed by atoms with Crippen LogP contribution < -0.4 is 5.32 Å². The molecule has 2 atom stereocenters. The number of nitrogens with zero attached hydrogens (tertiary/aromatic N) is 2. The summed E-state index contributed by atoms with van der Waals surface area (Å²) in [6, 6.07) is 0.733. The fourth-order valence-electron chi connectivity index (χ4n) is 3.46. The van der Waals surface area contributed by atoms with Crippen molar-refractivity contribution in [3.63, 3.8) is 0 Å². The van der Waals surface area contributed by atoms with Crippen molar-refractivity contribution in [3.05, 3.63) is 0 Å². The van der Waals surface area contributed by atoms with Crippen molar-refractivity contribution in [3.8, 4) is 0 Å². The largest absolute Gasteiger partial charge is 0.341 e. The highest BCUT2D eigenvalue weighted by molar-refractivity contribution is 5.78. The molecule has 0 aromatic carbocycles. The molecule has 0 bridgehead atoms. The summed E-state index contributed by atoms with van der Waals surface area (Å²) < 4.78 is 0. The van der Waals surface area contributed by atoms with Crippen LogP contribution in [0, 0.1) is 5.92 Å². The van der Waals surface area contributed by atoms with Crippen LogP contribution in [0.25, 0.3) is 0 Å². The van der Waals surface area contributed by atoms with Gasteiger partial charge in [-0.1, -0.05) is 6.42 Å². The lowest BCUT2D eigenvalue weighted by Gasteiger charge is -2.39. The van der Waals surface area contributed by atoms with Gasteiger partial charge in [-0.15, -0.1) is 0 Å². The van der Waals surface area contributed by atoms with Gasteiger partial charge in [0.15, 0.2) is 0 Å². The zero-order valence-corrected chi connectivity index (χ0v) is 12.5. The fraction of sp³-hybridized carbons (Fsp3) is 0.933. The highest BCUT2D eigenvalue weighted by Gasteiger charge is 2.27. The predicted molar refractivity (Wildman–Crippen MR) is 78.1 cm³/mol. The number of amides is 1. The van der Waals surface area contributed by atoms with Crippen LogP contribution in [-0.4, -0.2) is 61.5 Å². The highest BCUT2D eigenvalue weighted by Crippen LogP contribution is 2.22. The predicted octanol–water partition coefficient (Wildman–Crippen LogP) is 1.32. The number of likely N-dealkylation sites (N-methyl/N-ethyl adjacent to an activating group) is 1. The van der Waals surface area contributed by atoms with Gasteiger partial charge in [0.25, 0.3) is 0 Å². The Morgan fingerprint density at radius 2 is 2.05 bits per heavy atom. The maximum Gasteiger partial charge on any atom is 0.236 e. The van der Waals surface area contributed by atoms with Crippen molar-refractivity contribution in [2.75, 3.05) is 39.8 Å². The molecular weight excluding hydrogens is 238 g/mol. The zero-order chi connectivity index (χ0) is 13.7. The van der Waals surface area contributed by atoms with E-state index in [2.05, 4.69) is 22.0 Å². The van der Waals surface area contributed by atoms with Gasteiger partial charge in [0.1, 0.15) is 0 Å². The quantitative estimate of drug-likeness (QED) is 0.834. The number of likely N-dealkylation sites (tertiary alicyclic amines) is 2. The van der Waals surface area contributed by atoms with E-state index in [1.165, 1.54) is 45.2 Å². The van der Waals surface area contributed by atoms with E-state index in [0.717, 1.165) is 19.1 Å². The van der Waals surface area contributed by atoms with Gasteiger partial charge in [-0.2, -0.15) is 0 Å². The minimum absolute atomic E-state index is 0.263. The molecule has 19 heavy (non-hydrogen) atoms. The molecule has 110 valence electrons. The van der Waals surface area contributed by atoms with Gasteiger partial charge in [0.05, 0.1) is 6.54 Å². The van der Waals surface area contributed by atoms with Gasteiger partial charge in [-0.05, 0) is 52.1 Å². The summed E-state index contributed by atoms with van der Waals surface area (Å²) in [5.74, 6) is 0.939. The molecule has 1 amide bonds. The molecule has 0 aromatic heterocycles. The monoisotopic (exact) mass is 267 g/mol. The molecule has 0 unspecified atom stereocenters. The minimum Gasteiger partial charge on any atom is -0.341 e. The Kier molecular flexibility index (Phi) is 5.64. The average molecular weight is 267 g/mol. The van der Waals surface area contributed by atoms with E-state index in [9.17, 15) is 4.79 Å². The number of hydrogen-bond donors (Lipinski definition) is 1. The summed E-state index contributed by atoms with van der Waals surface area (Å²) >= 11 is 0. The van der Waals surface area contributed by atoms with Gasteiger partial charge in [-0.25, -0.2) is 0 Å². The van der Waals surface area contributed by atoms with E-state index in [1.807, 2.05) is 7.05 Å². The third kappa shape index (κ3) is 4.18. The van der Waals surface area contributed by atoms with Gasteiger partial charge in [-0.3, -0.25) is 4.79 Å². The van der Waals surface area contributed by atoms with Gasteiger partial charge in [0, 0.05) is 25.7 Å². The van der Waals surface area contributed by atoms with Crippen LogP contribution in [0.15, 0.2) is 0 Å². The summed E-state index contributed by atoms with van der Waals surface area (Å²) in [7, 11) is 1.84. The molecule has 0 radical (unpaired) electrons. The van der Waals surface area contributed by atoms with Gasteiger partial charge >= 0.3 is 0 Å². The lowest BCUT2D eigenvalue weighted by molar-refractivity contribution is -0.132. The van der Waals surface area contributed by atoms with E-state index in [1.54, 1.807) is 0 Å². The molecule has 2 rings (SSSR count). The third-order valence-electron chi connectivity index (χ3n) is 4.63. The molecule has 2 heterocycles. The first kappa shape index (κ1) is 14.8. The normalized spacial score (nSPS) is 29.5. The van der Waals surface area contributed by atoms with Crippen LogP contribution in [0.2, 0.25) is 0 Å². The Balaban J connectivity index is 1.81. The van der Waals surface area contributed by atoms with Crippen molar-refractivity contribution >= 4 is 5.91 Å². The molecule has 4 heteroatoms. The fourth-order valence-corrected chi connectivity index (χ4v) is 3.46. The van der Waals surface area contributed by atoms with Gasteiger partial charge < -0.3 is 15.1 Å². The smallest absolute Gasteiger partial charge is 0.236 e. The van der Waals surface area contributed by atoms with Crippen LogP contribution in [-0.2, 0) is 4.79 Å². The van der Waals surface area contributed by atoms with E-state index in [0.29, 0.717) is 12.5 Å². The topological polar surface area (TPSA) is 35.6 Å². The lowest BCUT2D eigenvalue weighted by Crippen LogP contribution is -2.48. The third-order valence-corrected chi connectivity index (χ3v) is 4.63. The van der Waals surface area contributed by atoms with Crippen molar-refractivity contribution < 1.29 is 4.79 Å². The molecule has 0 aromatic rings. The van der Waals surface area contributed by atoms with E-state index < -0.39 is 0 Å². The molecule has 0 saturated carbocycles. The number of rotatable bonds is 4. The van der Waals surface area contributed by atoms with E-state index in [4.69, 9.17) is 0 Å². The molecule has 2 aliphatic rings. The molecule has 1 N–H and O–H groups in total. The second-order valence-corrected chi connectivity index (χ2v) is 6.22. The first-order valence-corrected chi connectivity index (χ1v) is 7.87. The van der Waals surface area contributed by atoms with Gasteiger partial charge in [0.2, 0.25) is 5.91 Å². The molecule has 0 spiro atoms. The Bertz CT molecular complexity index is 295. The second kappa shape index (κ2) is 7.25. The standard InChI is InChI=1S/C15H29N3O/c1-13-6-3-4-8-17(13)11-14-7-5-9-18(12-14)15(19)10-16-2/h13-14,16H,3-12H2,1-2H3/t13-,14+/m0/s1. The Hall–Kier alpha value is -0.610. The van der Waals surface area contributed by atoms with Crippen LogP contribution >= 0.6 is 0 Å². The maximum atomic E-state index is 12.0. The van der Waals surface area contributed by atoms with E-state index >= 15 is 0 Å². The molecule has 2 fully saturated rings. The molecule has 2 saturated heterocycles. The summed E-state index contributed by atoms with van der Waals surface area (Å²) in [5.41, 5.74) is 0. The molecule has 4 nitrogen and oxygen atoms in total. The van der Waals surface area contributed by atoms with E-state index in [-0.39, 0.29) is 5.91 Å². The second-order valence-electron chi connectivity index (χ2n) is 6.22. The number of piperidine rings is 2. The van der Waals surface area contributed by atoms with Crippen LogP contribution in [0.4, 0.5) is 0 Å². The summed E-state index contributed by atoms with van der Waals surface area (Å²) in [6.45, 7) is 7.18. The summed E-state index contributed by atoms with van der Waals surface area (Å²) in [4.78, 5) is 16.6. The summed E-state index contributed by atoms with van der Waals surface area (Å²) in [5, 5.41) is 2.97. The molecule has 2 aliphatic heterocycles. The average Bonchev–Trinajstić information content (AvgIpc) is 2.42. The Labute approximate surface area is 117 Å². The zero-order valence-electron chi connectivity index (χ0n) is 12.5. The Morgan fingerprint density at radius 3 is 2.79 bits per heavy atom. The van der Waals surface area contributed by atoms with Crippen LogP contribution in [0.3, 0.4) is 0 Å². The lowest BCUT2D eigenvalue weighted by atomic mass is 9.94. The summed E-state index contributed by atoms with van der Waals surface area (Å²) in [6.07, 6.45) is 6.53. The number of nitrogens with one attached hydrogen (secondary N) is 1.